The summed E-state index contributed by atoms with van der Waals surface area (Å²) in [6.45, 7) is 1.82. The molecular formula is C6H10NO3P. The van der Waals surface area contributed by atoms with E-state index < -0.39 is 8.60 Å². The van der Waals surface area contributed by atoms with E-state index in [1.165, 1.54) is 0 Å². The molecule has 0 atom stereocenters. The molecule has 11 heavy (non-hydrogen) atoms. The van der Waals surface area contributed by atoms with Gasteiger partial charge in [0.15, 0.2) is 0 Å². The summed E-state index contributed by atoms with van der Waals surface area (Å²) in [6.07, 6.45) is 1.33. The molecule has 0 aliphatic carbocycles. The van der Waals surface area contributed by atoms with Crippen LogP contribution in [-0.2, 0) is 13.6 Å². The van der Waals surface area contributed by atoms with Crippen molar-refractivity contribution in [1.82, 2.24) is 0 Å². The highest BCUT2D eigenvalue weighted by Crippen LogP contribution is 2.42. The van der Waals surface area contributed by atoms with E-state index in [1.54, 1.807) is 0 Å². The summed E-state index contributed by atoms with van der Waals surface area (Å²) in [5.74, 6) is 0. The number of nitrogens with zero attached hydrogens (tertiary/aromatic N) is 1. The highest BCUT2D eigenvalue weighted by molar-refractivity contribution is 7.41. The van der Waals surface area contributed by atoms with Crippen molar-refractivity contribution in [3.05, 3.63) is 0 Å². The molecule has 1 saturated heterocycles. The Morgan fingerprint density at radius 1 is 1.45 bits per heavy atom. The van der Waals surface area contributed by atoms with Crippen LogP contribution in [0.3, 0.4) is 0 Å². The summed E-state index contributed by atoms with van der Waals surface area (Å²) in [4.78, 5) is 0. The van der Waals surface area contributed by atoms with Crippen molar-refractivity contribution < 1.29 is 13.6 Å². The maximum absolute atomic E-state index is 8.19. The molecule has 0 radical (unpaired) electrons. The number of hydrogen-bond acceptors (Lipinski definition) is 4. The summed E-state index contributed by atoms with van der Waals surface area (Å²) in [7, 11) is -1.13. The Balaban J connectivity index is 2.01. The Morgan fingerprint density at radius 3 is 2.82 bits per heavy atom. The molecule has 0 aromatic carbocycles. The molecule has 0 aromatic rings. The lowest BCUT2D eigenvalue weighted by molar-refractivity contribution is 0.117. The number of hydrogen-bond donors (Lipinski definition) is 0. The largest absolute Gasteiger partial charge is 0.332 e. The van der Waals surface area contributed by atoms with Gasteiger partial charge in [-0.3, -0.25) is 0 Å². The Kier molecular flexibility index (Phi) is 4.41. The molecule has 1 aliphatic rings. The monoisotopic (exact) mass is 175 g/mol. The zero-order valence-electron chi connectivity index (χ0n) is 6.15. The van der Waals surface area contributed by atoms with Crippen LogP contribution in [0.4, 0.5) is 0 Å². The minimum absolute atomic E-state index is 0.394. The molecule has 5 heteroatoms. The first-order valence-corrected chi connectivity index (χ1v) is 4.59. The van der Waals surface area contributed by atoms with E-state index in [9.17, 15) is 0 Å². The number of rotatable bonds is 3. The van der Waals surface area contributed by atoms with Crippen LogP contribution < -0.4 is 0 Å². The van der Waals surface area contributed by atoms with Crippen LogP contribution in [0.5, 0.6) is 0 Å². The van der Waals surface area contributed by atoms with E-state index in [1.807, 2.05) is 6.07 Å². The third kappa shape index (κ3) is 3.64. The van der Waals surface area contributed by atoms with Gasteiger partial charge in [0.05, 0.1) is 32.3 Å². The van der Waals surface area contributed by atoms with Crippen molar-refractivity contribution in [2.75, 3.05) is 19.8 Å². The lowest BCUT2D eigenvalue weighted by Gasteiger charge is -2.19. The van der Waals surface area contributed by atoms with Gasteiger partial charge in [0, 0.05) is 0 Å². The van der Waals surface area contributed by atoms with Crippen molar-refractivity contribution in [2.45, 2.75) is 12.8 Å². The fourth-order valence-electron chi connectivity index (χ4n) is 0.615. The van der Waals surface area contributed by atoms with Gasteiger partial charge in [-0.1, -0.05) is 0 Å². The highest BCUT2D eigenvalue weighted by Gasteiger charge is 2.15. The Bertz CT molecular complexity index is 141. The maximum atomic E-state index is 8.19. The molecule has 1 rings (SSSR count). The third-order valence-corrected chi connectivity index (χ3v) is 2.27. The molecule has 1 aliphatic heterocycles. The molecule has 4 nitrogen and oxygen atoms in total. The molecule has 0 N–H and O–H groups in total. The molecule has 0 unspecified atom stereocenters. The van der Waals surface area contributed by atoms with E-state index in [4.69, 9.17) is 18.8 Å². The fourth-order valence-corrected chi connectivity index (χ4v) is 1.64. The second kappa shape index (κ2) is 5.45. The first kappa shape index (κ1) is 8.89. The molecule has 0 saturated carbocycles. The van der Waals surface area contributed by atoms with Crippen LogP contribution in [0.1, 0.15) is 12.8 Å². The van der Waals surface area contributed by atoms with Gasteiger partial charge in [-0.05, 0) is 6.42 Å². The zero-order valence-corrected chi connectivity index (χ0v) is 7.05. The van der Waals surface area contributed by atoms with E-state index in [0.717, 1.165) is 6.42 Å². The fraction of sp³-hybridized carbons (Fsp3) is 0.833. The Hall–Kier alpha value is -0.200. The topological polar surface area (TPSA) is 51.5 Å². The minimum atomic E-state index is -1.13. The van der Waals surface area contributed by atoms with Gasteiger partial charge in [0.25, 0.3) is 0 Å². The first-order valence-electron chi connectivity index (χ1n) is 3.49. The average Bonchev–Trinajstić information content (AvgIpc) is 2.07. The van der Waals surface area contributed by atoms with Crippen LogP contribution in [0.15, 0.2) is 0 Å². The molecule has 0 aromatic heterocycles. The molecule has 1 fully saturated rings. The van der Waals surface area contributed by atoms with Crippen LogP contribution in [-0.4, -0.2) is 19.8 Å². The van der Waals surface area contributed by atoms with Gasteiger partial charge in [0.1, 0.15) is 0 Å². The number of nitriles is 1. The summed E-state index contributed by atoms with van der Waals surface area (Å²) in [6, 6.07) is 1.98. The lowest BCUT2D eigenvalue weighted by Crippen LogP contribution is -2.06. The van der Waals surface area contributed by atoms with Gasteiger partial charge in [0.2, 0.25) is 0 Å². The van der Waals surface area contributed by atoms with Crippen LogP contribution in [0.25, 0.3) is 0 Å². The first-order chi connectivity index (χ1) is 5.43. The van der Waals surface area contributed by atoms with Crippen molar-refractivity contribution in [2.24, 2.45) is 0 Å². The average molecular weight is 175 g/mol. The van der Waals surface area contributed by atoms with Crippen molar-refractivity contribution in [1.29, 1.82) is 5.26 Å². The quantitative estimate of drug-likeness (QED) is 0.482. The Labute approximate surface area is 67.1 Å². The van der Waals surface area contributed by atoms with Crippen LogP contribution in [0.2, 0.25) is 0 Å². The summed E-state index contributed by atoms with van der Waals surface area (Å²) in [5, 5.41) is 8.19. The summed E-state index contributed by atoms with van der Waals surface area (Å²) in [5.41, 5.74) is 0. The predicted octanol–water partition coefficient (Wildman–Crippen LogP) is 1.58. The zero-order chi connectivity index (χ0) is 7.94. The second-order valence-electron chi connectivity index (χ2n) is 1.98. The maximum Gasteiger partial charge on any atom is 0.332 e. The molecule has 0 spiro atoms. The molecule has 0 bridgehead atoms. The van der Waals surface area contributed by atoms with Crippen molar-refractivity contribution in [3.8, 4) is 6.07 Å². The standard InChI is InChI=1S/C6H10NO3P/c7-3-1-4-8-11-9-5-2-6-10-11/h1-2,4-6H2. The van der Waals surface area contributed by atoms with Gasteiger partial charge < -0.3 is 13.6 Å². The van der Waals surface area contributed by atoms with Gasteiger partial charge in [-0.15, -0.1) is 0 Å². The lowest BCUT2D eigenvalue weighted by atomic mass is 10.5. The molecular weight excluding hydrogens is 165 g/mol. The van der Waals surface area contributed by atoms with E-state index in [0.29, 0.717) is 26.2 Å². The van der Waals surface area contributed by atoms with Crippen LogP contribution in [0, 0.1) is 11.3 Å². The van der Waals surface area contributed by atoms with Crippen LogP contribution >= 0.6 is 8.60 Å². The van der Waals surface area contributed by atoms with E-state index in [-0.39, 0.29) is 0 Å². The Morgan fingerprint density at radius 2 is 2.18 bits per heavy atom. The molecule has 62 valence electrons. The smallest absolute Gasteiger partial charge is 0.312 e. The predicted molar refractivity (Wildman–Crippen MR) is 39.6 cm³/mol. The molecule has 1 heterocycles. The second-order valence-corrected chi connectivity index (χ2v) is 3.21. The van der Waals surface area contributed by atoms with Gasteiger partial charge >= 0.3 is 8.60 Å². The minimum Gasteiger partial charge on any atom is -0.312 e. The van der Waals surface area contributed by atoms with Gasteiger partial charge in [-0.2, -0.15) is 5.26 Å². The third-order valence-electron chi connectivity index (χ3n) is 1.09. The van der Waals surface area contributed by atoms with Crippen molar-refractivity contribution in [3.63, 3.8) is 0 Å². The van der Waals surface area contributed by atoms with Crippen molar-refractivity contribution >= 4 is 8.60 Å². The highest BCUT2D eigenvalue weighted by atomic mass is 31.2. The SMILES string of the molecule is N#CCCOP1OCCCO1. The normalized spacial score (nSPS) is 19.5. The van der Waals surface area contributed by atoms with E-state index in [2.05, 4.69) is 0 Å². The summed E-state index contributed by atoms with van der Waals surface area (Å²) < 4.78 is 15.4. The van der Waals surface area contributed by atoms with Gasteiger partial charge in [-0.25, -0.2) is 0 Å². The van der Waals surface area contributed by atoms with E-state index >= 15 is 0 Å². The summed E-state index contributed by atoms with van der Waals surface area (Å²) >= 11 is 0. The molecule has 0 amide bonds.